The van der Waals surface area contributed by atoms with Crippen molar-refractivity contribution in [3.8, 4) is 0 Å². The molecule has 0 spiro atoms. The van der Waals surface area contributed by atoms with Crippen LogP contribution in [0.2, 0.25) is 0 Å². The second-order valence-electron chi connectivity index (χ2n) is 5.19. The molecule has 2 amide bonds. The molecule has 1 heterocycles. The van der Waals surface area contributed by atoms with E-state index in [1.807, 2.05) is 38.1 Å². The Morgan fingerprint density at radius 2 is 2.10 bits per heavy atom. The van der Waals surface area contributed by atoms with Gasteiger partial charge in [-0.25, -0.2) is 9.59 Å². The number of carbonyl (C=O) groups is 2. The third kappa shape index (κ3) is 2.35. The number of anilines is 1. The van der Waals surface area contributed by atoms with Crippen LogP contribution in [0.5, 0.6) is 0 Å². The summed E-state index contributed by atoms with van der Waals surface area (Å²) in [4.78, 5) is 25.4. The summed E-state index contributed by atoms with van der Waals surface area (Å²) in [6.07, 6.45) is 1.66. The van der Waals surface area contributed by atoms with Crippen molar-refractivity contribution in [1.82, 2.24) is 4.90 Å². The van der Waals surface area contributed by atoms with E-state index in [1.165, 1.54) is 4.90 Å². The number of carboxylic acid groups (broad SMARTS) is 1. The Morgan fingerprint density at radius 3 is 2.70 bits per heavy atom. The Labute approximate surface area is 118 Å². The Kier molecular flexibility index (Phi) is 3.97. The predicted molar refractivity (Wildman–Crippen MR) is 76.8 cm³/mol. The molecule has 2 rings (SSSR count). The molecule has 1 aliphatic heterocycles. The van der Waals surface area contributed by atoms with Crippen LogP contribution in [0.3, 0.4) is 0 Å². The highest BCUT2D eigenvalue weighted by Crippen LogP contribution is 2.33. The van der Waals surface area contributed by atoms with Crippen molar-refractivity contribution in [2.75, 3.05) is 11.9 Å². The lowest BCUT2D eigenvalue weighted by Crippen LogP contribution is -2.54. The number of benzene rings is 1. The Bertz CT molecular complexity index is 530. The molecular formula is C15H20N2O3. The fraction of sp³-hybridized carbons (Fsp3) is 0.467. The normalized spacial score (nSPS) is 21.8. The number of nitrogens with one attached hydrogen (secondary N) is 1. The number of nitrogens with zero attached hydrogens (tertiary/aromatic N) is 1. The third-order valence-corrected chi connectivity index (χ3v) is 4.10. The number of aliphatic carboxylic acids is 1. The van der Waals surface area contributed by atoms with Gasteiger partial charge in [-0.1, -0.05) is 25.1 Å². The fourth-order valence-corrected chi connectivity index (χ4v) is 2.81. The average molecular weight is 276 g/mol. The Morgan fingerprint density at radius 1 is 1.40 bits per heavy atom. The largest absolute Gasteiger partial charge is 0.479 e. The summed E-state index contributed by atoms with van der Waals surface area (Å²) in [6, 6.07) is 7.13. The van der Waals surface area contributed by atoms with E-state index < -0.39 is 11.5 Å². The molecule has 1 unspecified atom stereocenters. The molecule has 0 aromatic heterocycles. The fourth-order valence-electron chi connectivity index (χ4n) is 2.81. The van der Waals surface area contributed by atoms with Gasteiger partial charge in [0, 0.05) is 12.2 Å². The van der Waals surface area contributed by atoms with Crippen LogP contribution in [0.1, 0.15) is 31.7 Å². The number of para-hydroxylation sites is 1. The highest BCUT2D eigenvalue weighted by Gasteiger charge is 2.48. The lowest BCUT2D eigenvalue weighted by atomic mass is 9.93. The van der Waals surface area contributed by atoms with Gasteiger partial charge in [-0.2, -0.15) is 0 Å². The van der Waals surface area contributed by atoms with Crippen molar-refractivity contribution in [2.24, 2.45) is 0 Å². The van der Waals surface area contributed by atoms with Crippen molar-refractivity contribution >= 4 is 17.7 Å². The lowest BCUT2D eigenvalue weighted by Gasteiger charge is -2.33. The summed E-state index contributed by atoms with van der Waals surface area (Å²) in [6.45, 7) is 4.20. The van der Waals surface area contributed by atoms with Crippen LogP contribution in [-0.4, -0.2) is 34.1 Å². The van der Waals surface area contributed by atoms with Crippen molar-refractivity contribution in [3.63, 3.8) is 0 Å². The number of hydrogen-bond acceptors (Lipinski definition) is 2. The zero-order valence-corrected chi connectivity index (χ0v) is 11.8. The van der Waals surface area contributed by atoms with Crippen LogP contribution in [0, 0.1) is 6.92 Å². The lowest BCUT2D eigenvalue weighted by molar-refractivity contribution is -0.148. The molecule has 1 saturated heterocycles. The van der Waals surface area contributed by atoms with E-state index in [1.54, 1.807) is 0 Å². The van der Waals surface area contributed by atoms with E-state index in [9.17, 15) is 14.7 Å². The van der Waals surface area contributed by atoms with Crippen LogP contribution >= 0.6 is 0 Å². The van der Waals surface area contributed by atoms with Gasteiger partial charge >= 0.3 is 12.0 Å². The van der Waals surface area contributed by atoms with Gasteiger partial charge in [-0.15, -0.1) is 0 Å². The van der Waals surface area contributed by atoms with Crippen molar-refractivity contribution in [1.29, 1.82) is 0 Å². The standard InChI is InChI=1S/C15H20N2O3/c1-3-15(13(18)19)9-6-10-17(15)14(20)16-12-8-5-4-7-11(12)2/h4-5,7-8H,3,6,9-10H2,1-2H3,(H,16,20)(H,18,19). The first-order valence-corrected chi connectivity index (χ1v) is 6.89. The van der Waals surface area contributed by atoms with E-state index in [-0.39, 0.29) is 6.03 Å². The first-order chi connectivity index (χ1) is 9.51. The first-order valence-electron chi connectivity index (χ1n) is 6.89. The molecule has 0 saturated carbocycles. The summed E-state index contributed by atoms with van der Waals surface area (Å²) in [5.41, 5.74) is 0.615. The number of urea groups is 1. The number of aryl methyl sites for hydroxylation is 1. The Hall–Kier alpha value is -2.04. The molecule has 0 radical (unpaired) electrons. The molecule has 2 N–H and O–H groups in total. The van der Waals surface area contributed by atoms with Gasteiger partial charge < -0.3 is 15.3 Å². The van der Waals surface area contributed by atoms with Crippen LogP contribution in [0.25, 0.3) is 0 Å². The maximum absolute atomic E-state index is 12.4. The Balaban J connectivity index is 2.21. The molecule has 1 fully saturated rings. The maximum atomic E-state index is 12.4. The minimum absolute atomic E-state index is 0.332. The monoisotopic (exact) mass is 276 g/mol. The van der Waals surface area contributed by atoms with Gasteiger partial charge in [-0.05, 0) is 37.8 Å². The molecular weight excluding hydrogens is 256 g/mol. The van der Waals surface area contributed by atoms with Gasteiger partial charge in [0.05, 0.1) is 0 Å². The van der Waals surface area contributed by atoms with E-state index in [0.29, 0.717) is 19.4 Å². The SMILES string of the molecule is CCC1(C(=O)O)CCCN1C(=O)Nc1ccccc1C. The van der Waals surface area contributed by atoms with Crippen molar-refractivity contribution < 1.29 is 14.7 Å². The number of carbonyl (C=O) groups excluding carboxylic acids is 1. The summed E-state index contributed by atoms with van der Waals surface area (Å²) < 4.78 is 0. The van der Waals surface area contributed by atoms with Crippen LogP contribution in [0.4, 0.5) is 10.5 Å². The number of carboxylic acids is 1. The van der Waals surface area contributed by atoms with Gasteiger partial charge in [-0.3, -0.25) is 0 Å². The maximum Gasteiger partial charge on any atom is 0.329 e. The van der Waals surface area contributed by atoms with Crippen LogP contribution in [0.15, 0.2) is 24.3 Å². The average Bonchev–Trinajstić information content (AvgIpc) is 2.86. The summed E-state index contributed by atoms with van der Waals surface area (Å²) in [5, 5.41) is 12.3. The minimum atomic E-state index is -1.06. The van der Waals surface area contributed by atoms with Crippen molar-refractivity contribution in [3.05, 3.63) is 29.8 Å². The smallest absolute Gasteiger partial charge is 0.329 e. The molecule has 5 heteroatoms. The zero-order chi connectivity index (χ0) is 14.8. The quantitative estimate of drug-likeness (QED) is 0.891. The molecule has 108 valence electrons. The summed E-state index contributed by atoms with van der Waals surface area (Å²) in [5.74, 6) is -0.919. The molecule has 0 bridgehead atoms. The molecule has 1 aromatic rings. The highest BCUT2D eigenvalue weighted by atomic mass is 16.4. The second kappa shape index (κ2) is 5.53. The molecule has 5 nitrogen and oxygen atoms in total. The molecule has 1 aromatic carbocycles. The van der Waals surface area contributed by atoms with E-state index in [0.717, 1.165) is 17.7 Å². The topological polar surface area (TPSA) is 69.6 Å². The van der Waals surface area contributed by atoms with Crippen molar-refractivity contribution in [2.45, 2.75) is 38.6 Å². The second-order valence-corrected chi connectivity index (χ2v) is 5.19. The molecule has 0 aliphatic carbocycles. The van der Waals surface area contributed by atoms with E-state index in [4.69, 9.17) is 0 Å². The number of hydrogen-bond donors (Lipinski definition) is 2. The summed E-state index contributed by atoms with van der Waals surface area (Å²) >= 11 is 0. The molecule has 20 heavy (non-hydrogen) atoms. The van der Waals surface area contributed by atoms with E-state index in [2.05, 4.69) is 5.32 Å². The van der Waals surface area contributed by atoms with Crippen LogP contribution in [-0.2, 0) is 4.79 Å². The molecule has 1 atom stereocenters. The highest BCUT2D eigenvalue weighted by molar-refractivity contribution is 5.95. The number of amides is 2. The van der Waals surface area contributed by atoms with Gasteiger partial charge in [0.1, 0.15) is 5.54 Å². The van der Waals surface area contributed by atoms with Crippen LogP contribution < -0.4 is 5.32 Å². The van der Waals surface area contributed by atoms with Gasteiger partial charge in [0.2, 0.25) is 0 Å². The molecule has 1 aliphatic rings. The number of rotatable bonds is 3. The van der Waals surface area contributed by atoms with Gasteiger partial charge in [0.15, 0.2) is 0 Å². The first kappa shape index (κ1) is 14.4. The number of likely N-dealkylation sites (tertiary alicyclic amines) is 1. The minimum Gasteiger partial charge on any atom is -0.479 e. The zero-order valence-electron chi connectivity index (χ0n) is 11.8. The summed E-state index contributed by atoms with van der Waals surface area (Å²) in [7, 11) is 0. The third-order valence-electron chi connectivity index (χ3n) is 4.10. The van der Waals surface area contributed by atoms with Gasteiger partial charge in [0.25, 0.3) is 0 Å². The predicted octanol–water partition coefficient (Wildman–Crippen LogP) is 2.86. The van der Waals surface area contributed by atoms with E-state index >= 15 is 0 Å².